The molecule has 0 aliphatic carbocycles. The molecular formula is C8H18O4. The van der Waals surface area contributed by atoms with Gasteiger partial charge in [0, 0.05) is 6.92 Å². The number of carboxylic acid groups (broad SMARTS) is 1. The van der Waals surface area contributed by atoms with E-state index in [1.165, 1.54) is 0 Å². The van der Waals surface area contributed by atoms with Gasteiger partial charge in [-0.05, 0) is 12.8 Å². The zero-order chi connectivity index (χ0) is 10.1. The maximum atomic E-state index is 9.00. The second-order valence-corrected chi connectivity index (χ2v) is 2.85. The van der Waals surface area contributed by atoms with E-state index in [4.69, 9.17) is 19.7 Å². The van der Waals surface area contributed by atoms with Crippen molar-refractivity contribution in [3.63, 3.8) is 0 Å². The van der Waals surface area contributed by atoms with E-state index in [9.17, 15) is 0 Å². The normalized spacial score (nSPS) is 11.8. The Morgan fingerprint density at radius 3 is 1.83 bits per heavy atom. The monoisotopic (exact) mass is 178 g/mol. The first-order valence-corrected chi connectivity index (χ1v) is 3.85. The van der Waals surface area contributed by atoms with Crippen molar-refractivity contribution in [3.05, 3.63) is 0 Å². The SMILES string of the molecule is CC(=O)O.CC(C)COC(C)O. The maximum Gasteiger partial charge on any atom is 0.300 e. The Balaban J connectivity index is 0. The Morgan fingerprint density at radius 1 is 1.42 bits per heavy atom. The third-order valence-electron chi connectivity index (χ3n) is 0.671. The van der Waals surface area contributed by atoms with Crippen molar-refractivity contribution in [2.75, 3.05) is 6.61 Å². The average Bonchev–Trinajstić information content (AvgIpc) is 1.82. The van der Waals surface area contributed by atoms with Crippen LogP contribution >= 0.6 is 0 Å². The topological polar surface area (TPSA) is 66.8 Å². The third-order valence-corrected chi connectivity index (χ3v) is 0.671. The molecule has 1 unspecified atom stereocenters. The first-order valence-electron chi connectivity index (χ1n) is 3.85. The molecule has 0 aliphatic heterocycles. The highest BCUT2D eigenvalue weighted by molar-refractivity contribution is 5.62. The van der Waals surface area contributed by atoms with Crippen LogP contribution in [0.25, 0.3) is 0 Å². The van der Waals surface area contributed by atoms with Crippen molar-refractivity contribution >= 4 is 5.97 Å². The molecule has 4 nitrogen and oxygen atoms in total. The van der Waals surface area contributed by atoms with E-state index in [2.05, 4.69) is 0 Å². The van der Waals surface area contributed by atoms with E-state index in [1.807, 2.05) is 13.8 Å². The van der Waals surface area contributed by atoms with Crippen LogP contribution in [0.4, 0.5) is 0 Å². The van der Waals surface area contributed by atoms with Crippen LogP contribution in [0.3, 0.4) is 0 Å². The van der Waals surface area contributed by atoms with Gasteiger partial charge in [-0.1, -0.05) is 13.8 Å². The second kappa shape index (κ2) is 8.49. The van der Waals surface area contributed by atoms with Crippen LogP contribution in [0.15, 0.2) is 0 Å². The summed E-state index contributed by atoms with van der Waals surface area (Å²) in [4.78, 5) is 9.00. The second-order valence-electron chi connectivity index (χ2n) is 2.85. The summed E-state index contributed by atoms with van der Waals surface area (Å²) in [5.74, 6) is -0.329. The molecule has 0 radical (unpaired) electrons. The van der Waals surface area contributed by atoms with Crippen molar-refractivity contribution in [2.45, 2.75) is 34.0 Å². The van der Waals surface area contributed by atoms with Crippen LogP contribution < -0.4 is 0 Å². The number of carboxylic acids is 1. The number of rotatable bonds is 3. The molecule has 0 aliphatic rings. The molecular weight excluding hydrogens is 160 g/mol. The molecule has 4 heteroatoms. The molecule has 74 valence electrons. The Morgan fingerprint density at radius 2 is 1.75 bits per heavy atom. The van der Waals surface area contributed by atoms with E-state index in [1.54, 1.807) is 6.92 Å². The van der Waals surface area contributed by atoms with E-state index < -0.39 is 12.3 Å². The molecule has 0 aromatic heterocycles. The number of hydrogen-bond donors (Lipinski definition) is 2. The number of hydrogen-bond acceptors (Lipinski definition) is 3. The van der Waals surface area contributed by atoms with E-state index >= 15 is 0 Å². The van der Waals surface area contributed by atoms with Crippen LogP contribution in [0.5, 0.6) is 0 Å². The zero-order valence-corrected chi connectivity index (χ0v) is 8.07. The quantitative estimate of drug-likeness (QED) is 0.635. The van der Waals surface area contributed by atoms with Gasteiger partial charge < -0.3 is 14.9 Å². The predicted octanol–water partition coefficient (Wildman–Crippen LogP) is 1.09. The molecule has 0 rings (SSSR count). The highest BCUT2D eigenvalue weighted by Crippen LogP contribution is 1.93. The van der Waals surface area contributed by atoms with Crippen molar-refractivity contribution in [2.24, 2.45) is 5.92 Å². The molecule has 0 heterocycles. The molecule has 2 N–H and O–H groups in total. The molecule has 1 atom stereocenters. The zero-order valence-electron chi connectivity index (χ0n) is 8.07. The highest BCUT2D eigenvalue weighted by atomic mass is 16.6. The summed E-state index contributed by atoms with van der Waals surface area (Å²) in [6, 6.07) is 0. The number of aliphatic hydroxyl groups is 1. The summed E-state index contributed by atoms with van der Waals surface area (Å²) in [5, 5.41) is 16.0. The molecule has 0 saturated carbocycles. The molecule has 12 heavy (non-hydrogen) atoms. The van der Waals surface area contributed by atoms with E-state index in [0.29, 0.717) is 12.5 Å². The van der Waals surface area contributed by atoms with Gasteiger partial charge in [-0.25, -0.2) is 0 Å². The van der Waals surface area contributed by atoms with Gasteiger partial charge in [-0.3, -0.25) is 4.79 Å². The average molecular weight is 178 g/mol. The molecule has 0 bridgehead atoms. The van der Waals surface area contributed by atoms with Gasteiger partial charge in [0.25, 0.3) is 5.97 Å². The summed E-state index contributed by atoms with van der Waals surface area (Å²) in [6.07, 6.45) is -0.614. The minimum Gasteiger partial charge on any atom is -0.481 e. The van der Waals surface area contributed by atoms with Crippen LogP contribution in [-0.2, 0) is 9.53 Å². The molecule has 0 aromatic rings. The van der Waals surface area contributed by atoms with Gasteiger partial charge >= 0.3 is 0 Å². The lowest BCUT2D eigenvalue weighted by atomic mass is 10.2. The van der Waals surface area contributed by atoms with Crippen molar-refractivity contribution in [1.82, 2.24) is 0 Å². The number of aliphatic hydroxyl groups excluding tert-OH is 1. The highest BCUT2D eigenvalue weighted by Gasteiger charge is 1.95. The Hall–Kier alpha value is -0.610. The Labute approximate surface area is 73.2 Å². The van der Waals surface area contributed by atoms with Crippen molar-refractivity contribution in [1.29, 1.82) is 0 Å². The number of carbonyl (C=O) groups is 1. The van der Waals surface area contributed by atoms with Crippen LogP contribution in [0.2, 0.25) is 0 Å². The first-order chi connectivity index (χ1) is 5.36. The predicted molar refractivity (Wildman–Crippen MR) is 45.8 cm³/mol. The van der Waals surface area contributed by atoms with Crippen molar-refractivity contribution < 1.29 is 19.7 Å². The lowest BCUT2D eigenvalue weighted by molar-refractivity contribution is -0.134. The molecule has 0 spiro atoms. The minimum atomic E-state index is -0.833. The first kappa shape index (κ1) is 13.9. The Bertz CT molecular complexity index is 97.6. The third kappa shape index (κ3) is 34.3. The molecule has 0 aromatic carbocycles. The van der Waals surface area contributed by atoms with Crippen LogP contribution in [0.1, 0.15) is 27.7 Å². The fourth-order valence-electron chi connectivity index (χ4n) is 0.332. The Kier molecular flexibility index (Phi) is 9.86. The van der Waals surface area contributed by atoms with E-state index in [-0.39, 0.29) is 0 Å². The van der Waals surface area contributed by atoms with Gasteiger partial charge in [-0.15, -0.1) is 0 Å². The summed E-state index contributed by atoms with van der Waals surface area (Å²) in [7, 11) is 0. The summed E-state index contributed by atoms with van der Waals surface area (Å²) >= 11 is 0. The van der Waals surface area contributed by atoms with Gasteiger partial charge in [0.15, 0.2) is 6.29 Å². The smallest absolute Gasteiger partial charge is 0.300 e. The molecule has 0 amide bonds. The van der Waals surface area contributed by atoms with Gasteiger partial charge in [0.05, 0.1) is 6.61 Å². The van der Waals surface area contributed by atoms with Gasteiger partial charge in [0.1, 0.15) is 0 Å². The van der Waals surface area contributed by atoms with Gasteiger partial charge in [-0.2, -0.15) is 0 Å². The van der Waals surface area contributed by atoms with Crippen LogP contribution in [0, 0.1) is 5.92 Å². The summed E-state index contributed by atoms with van der Waals surface area (Å²) in [6.45, 7) is 7.42. The maximum absolute atomic E-state index is 9.00. The lowest BCUT2D eigenvalue weighted by Gasteiger charge is -2.07. The van der Waals surface area contributed by atoms with Crippen LogP contribution in [-0.4, -0.2) is 29.1 Å². The standard InChI is InChI=1S/C6H14O2.C2H4O2/c1-5(2)4-8-6(3)7;1-2(3)4/h5-7H,4H2,1-3H3;1H3,(H,3,4). The number of aliphatic carboxylic acids is 1. The molecule has 0 fully saturated rings. The largest absolute Gasteiger partial charge is 0.481 e. The van der Waals surface area contributed by atoms with Gasteiger partial charge in [0.2, 0.25) is 0 Å². The minimum absolute atomic E-state index is 0.504. The molecule has 0 saturated heterocycles. The lowest BCUT2D eigenvalue weighted by Crippen LogP contribution is -2.10. The fraction of sp³-hybridized carbons (Fsp3) is 0.875. The number of ether oxygens (including phenoxy) is 1. The fourth-order valence-corrected chi connectivity index (χ4v) is 0.332. The van der Waals surface area contributed by atoms with Crippen molar-refractivity contribution in [3.8, 4) is 0 Å². The summed E-state index contributed by atoms with van der Waals surface area (Å²) < 4.78 is 4.86. The van der Waals surface area contributed by atoms with E-state index in [0.717, 1.165) is 6.92 Å². The summed E-state index contributed by atoms with van der Waals surface area (Å²) in [5.41, 5.74) is 0.